The third kappa shape index (κ3) is 6.59. The summed E-state index contributed by atoms with van der Waals surface area (Å²) in [6.07, 6.45) is 2.33. The first-order valence-electron chi connectivity index (χ1n) is 7.08. The predicted molar refractivity (Wildman–Crippen MR) is 85.0 cm³/mol. The molecule has 0 radical (unpaired) electrons. The Morgan fingerprint density at radius 2 is 2.10 bits per heavy atom. The van der Waals surface area contributed by atoms with E-state index in [1.807, 2.05) is 0 Å². The van der Waals surface area contributed by atoms with Crippen molar-refractivity contribution in [2.75, 3.05) is 45.9 Å². The first-order valence-corrected chi connectivity index (χ1v) is 7.08. The van der Waals surface area contributed by atoms with Crippen molar-refractivity contribution in [3.63, 3.8) is 0 Å². The van der Waals surface area contributed by atoms with Gasteiger partial charge in [0.05, 0.1) is 6.61 Å². The molecule has 2 aliphatic heterocycles. The van der Waals surface area contributed by atoms with E-state index < -0.39 is 0 Å². The van der Waals surface area contributed by atoms with E-state index in [0.717, 1.165) is 19.6 Å². The first-order chi connectivity index (χ1) is 8.75. The summed E-state index contributed by atoms with van der Waals surface area (Å²) >= 11 is 0. The molecule has 0 bridgehead atoms. The maximum Gasteiger partial charge on any atom is 0.250 e. The third-order valence-corrected chi connectivity index (χ3v) is 3.61. The van der Waals surface area contributed by atoms with Crippen LogP contribution in [0.3, 0.4) is 0 Å². The Morgan fingerprint density at radius 1 is 1.40 bits per heavy atom. The largest absolute Gasteiger partial charge is 0.366 e. The molecule has 2 heterocycles. The van der Waals surface area contributed by atoms with Crippen LogP contribution in [0.25, 0.3) is 0 Å². The van der Waals surface area contributed by atoms with Crippen LogP contribution in [0, 0.1) is 5.92 Å². The smallest absolute Gasteiger partial charge is 0.250 e. The lowest BCUT2D eigenvalue weighted by Crippen LogP contribution is -2.49. The third-order valence-electron chi connectivity index (χ3n) is 3.61. The van der Waals surface area contributed by atoms with E-state index >= 15 is 0 Å². The second kappa shape index (κ2) is 10.6. The van der Waals surface area contributed by atoms with Gasteiger partial charge in [0.2, 0.25) is 5.91 Å². The van der Waals surface area contributed by atoms with Crippen LogP contribution in [-0.4, -0.2) is 62.8 Å². The van der Waals surface area contributed by atoms with Gasteiger partial charge in [0, 0.05) is 26.2 Å². The molecule has 2 N–H and O–H groups in total. The Bertz CT molecular complexity index is 270. The average Bonchev–Trinajstić information content (AvgIpc) is 2.90. The summed E-state index contributed by atoms with van der Waals surface area (Å²) in [5.74, 6) is 0.527. The van der Waals surface area contributed by atoms with Gasteiger partial charge in [0.15, 0.2) is 0 Å². The lowest BCUT2D eigenvalue weighted by molar-refractivity contribution is -0.134. The highest BCUT2D eigenvalue weighted by atomic mass is 35.5. The zero-order valence-corrected chi connectivity index (χ0v) is 13.7. The van der Waals surface area contributed by atoms with Gasteiger partial charge in [-0.2, -0.15) is 0 Å². The van der Waals surface area contributed by atoms with Crippen molar-refractivity contribution < 1.29 is 9.53 Å². The first kappa shape index (κ1) is 19.9. The van der Waals surface area contributed by atoms with Gasteiger partial charge in [-0.1, -0.05) is 6.92 Å². The molecule has 2 rings (SSSR count). The number of hydrogen-bond donors (Lipinski definition) is 2. The number of amides is 1. The summed E-state index contributed by atoms with van der Waals surface area (Å²) in [5.41, 5.74) is 0. The fourth-order valence-corrected chi connectivity index (χ4v) is 2.59. The summed E-state index contributed by atoms with van der Waals surface area (Å²) < 4.78 is 5.42. The van der Waals surface area contributed by atoms with E-state index in [-0.39, 0.29) is 36.8 Å². The van der Waals surface area contributed by atoms with Crippen molar-refractivity contribution in [1.29, 1.82) is 0 Å². The van der Waals surface area contributed by atoms with E-state index in [1.165, 1.54) is 25.9 Å². The second-order valence-electron chi connectivity index (χ2n) is 5.42. The fourth-order valence-electron chi connectivity index (χ4n) is 2.59. The Morgan fingerprint density at radius 3 is 2.70 bits per heavy atom. The van der Waals surface area contributed by atoms with Crippen molar-refractivity contribution >= 4 is 30.7 Å². The average molecular weight is 328 g/mol. The Balaban J connectivity index is 0.00000180. The van der Waals surface area contributed by atoms with Crippen LogP contribution >= 0.6 is 24.8 Å². The minimum absolute atomic E-state index is 0. The summed E-state index contributed by atoms with van der Waals surface area (Å²) in [6, 6.07) is 0. The molecule has 1 amide bonds. The number of nitrogens with zero attached hydrogens (tertiary/aromatic N) is 1. The molecule has 2 atom stereocenters. The van der Waals surface area contributed by atoms with E-state index in [1.54, 1.807) is 0 Å². The Hall–Kier alpha value is -0.0700. The van der Waals surface area contributed by atoms with Gasteiger partial charge >= 0.3 is 0 Å². The highest BCUT2D eigenvalue weighted by molar-refractivity contribution is 5.85. The molecule has 0 aromatic carbocycles. The second-order valence-corrected chi connectivity index (χ2v) is 5.42. The molecule has 5 nitrogen and oxygen atoms in total. The molecule has 2 aliphatic rings. The van der Waals surface area contributed by atoms with Crippen molar-refractivity contribution in [2.45, 2.75) is 25.9 Å². The molecule has 7 heteroatoms. The number of halogens is 2. The molecule has 0 aromatic rings. The molecule has 0 aromatic heterocycles. The van der Waals surface area contributed by atoms with Gasteiger partial charge in [-0.15, -0.1) is 24.8 Å². The van der Waals surface area contributed by atoms with E-state index in [4.69, 9.17) is 4.74 Å². The standard InChI is InChI=1S/C13H25N3O2.2ClH/c1-11(10-16-5-2-3-6-16)8-15-13(17)12-9-14-4-7-18-12;;/h11-12,14H,2-10H2,1H3,(H,15,17);2*1H. The predicted octanol–water partition coefficient (Wildman–Crippen LogP) is 0.666. The van der Waals surface area contributed by atoms with Crippen LogP contribution in [0.4, 0.5) is 0 Å². The quantitative estimate of drug-likeness (QED) is 0.779. The summed E-state index contributed by atoms with van der Waals surface area (Å²) in [4.78, 5) is 14.3. The number of nitrogens with one attached hydrogen (secondary N) is 2. The minimum Gasteiger partial charge on any atom is -0.366 e. The number of hydrogen-bond acceptors (Lipinski definition) is 4. The van der Waals surface area contributed by atoms with Crippen molar-refractivity contribution in [3.8, 4) is 0 Å². The molecule has 2 saturated heterocycles. The van der Waals surface area contributed by atoms with Crippen molar-refractivity contribution in [1.82, 2.24) is 15.5 Å². The van der Waals surface area contributed by atoms with Crippen molar-refractivity contribution in [2.24, 2.45) is 5.92 Å². The Kier molecular flexibility index (Phi) is 10.6. The van der Waals surface area contributed by atoms with Crippen LogP contribution in [0.15, 0.2) is 0 Å². The van der Waals surface area contributed by atoms with E-state index in [9.17, 15) is 4.79 Å². The van der Waals surface area contributed by atoms with Gasteiger partial charge in [-0.25, -0.2) is 0 Å². The van der Waals surface area contributed by atoms with Crippen LogP contribution in [0.1, 0.15) is 19.8 Å². The van der Waals surface area contributed by atoms with Crippen LogP contribution in [-0.2, 0) is 9.53 Å². The van der Waals surface area contributed by atoms with Gasteiger partial charge < -0.3 is 20.3 Å². The molecule has 20 heavy (non-hydrogen) atoms. The zero-order valence-electron chi connectivity index (χ0n) is 12.1. The lowest BCUT2D eigenvalue weighted by Gasteiger charge is -2.24. The topological polar surface area (TPSA) is 53.6 Å². The molecule has 2 unspecified atom stereocenters. The summed E-state index contributed by atoms with van der Waals surface area (Å²) in [7, 11) is 0. The molecule has 120 valence electrons. The number of rotatable bonds is 5. The highest BCUT2D eigenvalue weighted by Gasteiger charge is 2.22. The fraction of sp³-hybridized carbons (Fsp3) is 0.923. The lowest BCUT2D eigenvalue weighted by atomic mass is 10.1. The highest BCUT2D eigenvalue weighted by Crippen LogP contribution is 2.09. The normalized spacial score (nSPS) is 24.4. The van der Waals surface area contributed by atoms with E-state index in [2.05, 4.69) is 22.5 Å². The zero-order chi connectivity index (χ0) is 12.8. The molecule has 0 saturated carbocycles. The van der Waals surface area contributed by atoms with Crippen molar-refractivity contribution in [3.05, 3.63) is 0 Å². The minimum atomic E-state index is -0.308. The SMILES string of the molecule is CC(CNC(=O)C1CNCCO1)CN1CCCC1.Cl.Cl. The van der Waals surface area contributed by atoms with Gasteiger partial charge in [0.25, 0.3) is 0 Å². The van der Waals surface area contributed by atoms with Crippen LogP contribution in [0.2, 0.25) is 0 Å². The van der Waals surface area contributed by atoms with Crippen LogP contribution < -0.4 is 10.6 Å². The maximum absolute atomic E-state index is 11.9. The molecular weight excluding hydrogens is 301 g/mol. The monoisotopic (exact) mass is 327 g/mol. The number of carbonyl (C=O) groups excluding carboxylic acids is 1. The van der Waals surface area contributed by atoms with Gasteiger partial charge in [0.1, 0.15) is 6.10 Å². The molecule has 0 spiro atoms. The number of likely N-dealkylation sites (tertiary alicyclic amines) is 1. The summed E-state index contributed by atoms with van der Waals surface area (Å²) in [6.45, 7) is 8.56. The molecular formula is C13H27Cl2N3O2. The van der Waals surface area contributed by atoms with Gasteiger partial charge in [-0.3, -0.25) is 4.79 Å². The molecule has 0 aliphatic carbocycles. The summed E-state index contributed by atoms with van der Waals surface area (Å²) in [5, 5.41) is 6.16. The number of ether oxygens (including phenoxy) is 1. The van der Waals surface area contributed by atoms with E-state index in [0.29, 0.717) is 19.1 Å². The van der Waals surface area contributed by atoms with Crippen LogP contribution in [0.5, 0.6) is 0 Å². The Labute approximate surface area is 134 Å². The van der Waals surface area contributed by atoms with Gasteiger partial charge in [-0.05, 0) is 31.8 Å². The molecule has 2 fully saturated rings. The maximum atomic E-state index is 11.9. The number of morpholine rings is 1. The number of carbonyl (C=O) groups is 1.